The highest BCUT2D eigenvalue weighted by molar-refractivity contribution is 7.92. The van der Waals surface area contributed by atoms with Crippen molar-refractivity contribution in [3.8, 4) is 5.75 Å². The van der Waals surface area contributed by atoms with E-state index in [2.05, 4.69) is 10.2 Å². The standard InChI is InChI=1S/C29H33F6N3O5S/c30-28(31,32)20-1-10-26-19(15-20)16-24(43-26)17-37-11-13-38(14-12-37)27(39)18-42-23-6-2-21(3-7-23)36-22-4-8-25(9-5-22)44(40,41)29(33,34)35/h1,4-5,8-10,15,21,23-24,36H,2-3,6-7,11-14,16-18H2. The van der Waals surface area contributed by atoms with E-state index < -0.39 is 32.0 Å². The molecule has 2 aromatic rings. The Balaban J connectivity index is 0.985. The Morgan fingerprint density at radius 3 is 2.20 bits per heavy atom. The molecule has 242 valence electrons. The van der Waals surface area contributed by atoms with Crippen molar-refractivity contribution in [1.29, 1.82) is 0 Å². The largest absolute Gasteiger partial charge is 0.501 e. The van der Waals surface area contributed by atoms with Crippen LogP contribution in [0.2, 0.25) is 0 Å². The van der Waals surface area contributed by atoms with Gasteiger partial charge in [-0.1, -0.05) is 0 Å². The summed E-state index contributed by atoms with van der Waals surface area (Å²) in [5, 5.41) is 3.21. The van der Waals surface area contributed by atoms with E-state index in [0.717, 1.165) is 24.3 Å². The second-order valence-corrected chi connectivity index (χ2v) is 13.3. The van der Waals surface area contributed by atoms with Gasteiger partial charge in [0.1, 0.15) is 18.5 Å². The fourth-order valence-corrected chi connectivity index (χ4v) is 6.58. The molecule has 0 spiro atoms. The van der Waals surface area contributed by atoms with Crippen LogP contribution in [0, 0.1) is 0 Å². The Morgan fingerprint density at radius 1 is 0.932 bits per heavy atom. The lowest BCUT2D eigenvalue weighted by Crippen LogP contribution is -2.51. The molecule has 1 unspecified atom stereocenters. The van der Waals surface area contributed by atoms with Crippen LogP contribution in [0.3, 0.4) is 0 Å². The maximum absolute atomic E-state index is 13.0. The Labute approximate surface area is 251 Å². The number of carbonyl (C=O) groups excluding carboxylic acids is 1. The first-order valence-corrected chi connectivity index (χ1v) is 15.8. The van der Waals surface area contributed by atoms with E-state index >= 15 is 0 Å². The number of amides is 1. The zero-order valence-electron chi connectivity index (χ0n) is 23.7. The molecule has 1 aliphatic carbocycles. The summed E-state index contributed by atoms with van der Waals surface area (Å²) in [5.41, 5.74) is -4.97. The average molecular weight is 650 g/mol. The molecule has 5 rings (SSSR count). The molecular formula is C29H33F6N3O5S. The molecule has 1 amide bonds. The van der Waals surface area contributed by atoms with Crippen molar-refractivity contribution < 1.29 is 49.0 Å². The highest BCUT2D eigenvalue weighted by atomic mass is 32.2. The van der Waals surface area contributed by atoms with Crippen molar-refractivity contribution in [2.24, 2.45) is 0 Å². The molecule has 3 aliphatic rings. The number of rotatable bonds is 8. The number of fused-ring (bicyclic) bond motifs is 1. The summed E-state index contributed by atoms with van der Waals surface area (Å²) in [4.78, 5) is 15.8. The molecule has 2 heterocycles. The van der Waals surface area contributed by atoms with Crippen molar-refractivity contribution in [1.82, 2.24) is 9.80 Å². The van der Waals surface area contributed by atoms with Gasteiger partial charge in [-0.05, 0) is 73.7 Å². The van der Waals surface area contributed by atoms with Crippen LogP contribution in [0.4, 0.5) is 32.0 Å². The topological polar surface area (TPSA) is 88.2 Å². The molecule has 1 N–H and O–H groups in total. The highest BCUT2D eigenvalue weighted by Crippen LogP contribution is 2.36. The second-order valence-electron chi connectivity index (χ2n) is 11.3. The van der Waals surface area contributed by atoms with Gasteiger partial charge in [-0.25, -0.2) is 8.42 Å². The molecule has 1 atom stereocenters. The fourth-order valence-electron chi connectivity index (χ4n) is 5.82. The van der Waals surface area contributed by atoms with Gasteiger partial charge in [-0.3, -0.25) is 9.69 Å². The number of halogens is 6. The number of piperazine rings is 1. The van der Waals surface area contributed by atoms with E-state index in [4.69, 9.17) is 9.47 Å². The third kappa shape index (κ3) is 7.60. The third-order valence-electron chi connectivity index (χ3n) is 8.27. The van der Waals surface area contributed by atoms with Crippen LogP contribution in [-0.4, -0.2) is 87.2 Å². The molecule has 1 saturated carbocycles. The molecule has 0 aromatic heterocycles. The van der Waals surface area contributed by atoms with Gasteiger partial charge in [0.25, 0.3) is 9.84 Å². The van der Waals surface area contributed by atoms with Gasteiger partial charge >= 0.3 is 11.7 Å². The molecule has 8 nitrogen and oxygen atoms in total. The van der Waals surface area contributed by atoms with Crippen LogP contribution in [0.5, 0.6) is 5.75 Å². The minimum atomic E-state index is -5.39. The fraction of sp³-hybridized carbons (Fsp3) is 0.552. The number of benzene rings is 2. The lowest BCUT2D eigenvalue weighted by Gasteiger charge is -2.36. The number of ether oxygens (including phenoxy) is 2. The Morgan fingerprint density at radius 2 is 1.59 bits per heavy atom. The lowest BCUT2D eigenvalue weighted by molar-refractivity contribution is -0.140. The number of sulfone groups is 1. The van der Waals surface area contributed by atoms with Crippen molar-refractivity contribution in [3.05, 3.63) is 53.6 Å². The summed E-state index contributed by atoms with van der Waals surface area (Å²) < 4.78 is 112. The van der Waals surface area contributed by atoms with Crippen LogP contribution >= 0.6 is 0 Å². The third-order valence-corrected chi connectivity index (χ3v) is 9.77. The molecule has 2 aliphatic heterocycles. The maximum atomic E-state index is 13.0. The zero-order chi connectivity index (χ0) is 31.7. The van der Waals surface area contributed by atoms with E-state index in [1.54, 1.807) is 4.90 Å². The number of carbonyl (C=O) groups is 1. The first-order valence-electron chi connectivity index (χ1n) is 14.4. The van der Waals surface area contributed by atoms with Gasteiger partial charge in [0.2, 0.25) is 5.91 Å². The molecular weight excluding hydrogens is 616 g/mol. The molecule has 2 fully saturated rings. The Hall–Kier alpha value is -3.04. The normalized spacial score (nSPS) is 23.2. The summed E-state index contributed by atoms with van der Waals surface area (Å²) in [7, 11) is -5.39. The van der Waals surface area contributed by atoms with Gasteiger partial charge in [0, 0.05) is 50.9 Å². The number of hydrogen-bond donors (Lipinski definition) is 1. The van der Waals surface area contributed by atoms with E-state index in [-0.39, 0.29) is 30.8 Å². The number of anilines is 1. The zero-order valence-corrected chi connectivity index (χ0v) is 24.5. The number of hydrogen-bond acceptors (Lipinski definition) is 7. The highest BCUT2D eigenvalue weighted by Gasteiger charge is 2.46. The summed E-state index contributed by atoms with van der Waals surface area (Å²) in [6, 6.07) is 8.07. The lowest BCUT2D eigenvalue weighted by atomic mass is 9.93. The summed E-state index contributed by atoms with van der Waals surface area (Å²) in [5.74, 6) is 0.373. The average Bonchev–Trinajstić information content (AvgIpc) is 3.38. The van der Waals surface area contributed by atoms with Crippen molar-refractivity contribution in [2.75, 3.05) is 44.6 Å². The molecule has 1 saturated heterocycles. The summed E-state index contributed by atoms with van der Waals surface area (Å²) >= 11 is 0. The van der Waals surface area contributed by atoms with Crippen LogP contribution in [0.15, 0.2) is 47.4 Å². The second kappa shape index (κ2) is 12.8. The van der Waals surface area contributed by atoms with E-state index in [0.29, 0.717) is 81.8 Å². The van der Waals surface area contributed by atoms with E-state index in [9.17, 15) is 39.6 Å². The number of alkyl halides is 6. The smallest absolute Gasteiger partial charge is 0.488 e. The van der Waals surface area contributed by atoms with Gasteiger partial charge in [-0.2, -0.15) is 26.3 Å². The van der Waals surface area contributed by atoms with Crippen molar-refractivity contribution >= 4 is 21.4 Å². The van der Waals surface area contributed by atoms with Crippen LogP contribution < -0.4 is 10.1 Å². The first-order chi connectivity index (χ1) is 20.7. The van der Waals surface area contributed by atoms with E-state index in [1.807, 2.05) is 0 Å². The predicted molar refractivity (Wildman–Crippen MR) is 148 cm³/mol. The predicted octanol–water partition coefficient (Wildman–Crippen LogP) is 4.89. The number of nitrogens with zero attached hydrogens (tertiary/aromatic N) is 2. The van der Waals surface area contributed by atoms with Gasteiger partial charge in [-0.15, -0.1) is 0 Å². The molecule has 15 heteroatoms. The Bertz CT molecular complexity index is 1420. The van der Waals surface area contributed by atoms with Gasteiger partial charge < -0.3 is 19.7 Å². The SMILES string of the molecule is O=C(COC1CCC(Nc2ccc(S(=O)(=O)C(F)(F)F)cc2)CC1)N1CCN(CC2Cc3cc(C(F)(F)F)ccc3O2)CC1. The summed E-state index contributed by atoms with van der Waals surface area (Å²) in [6.45, 7) is 2.79. The number of nitrogens with one attached hydrogen (secondary N) is 1. The van der Waals surface area contributed by atoms with Crippen LogP contribution in [0.1, 0.15) is 36.8 Å². The minimum Gasteiger partial charge on any atom is -0.488 e. The Kier molecular flexibility index (Phi) is 9.38. The van der Waals surface area contributed by atoms with Crippen molar-refractivity contribution in [2.45, 2.75) is 66.9 Å². The van der Waals surface area contributed by atoms with E-state index in [1.165, 1.54) is 18.2 Å². The molecule has 44 heavy (non-hydrogen) atoms. The van der Waals surface area contributed by atoms with Gasteiger partial charge in [0.05, 0.1) is 16.6 Å². The van der Waals surface area contributed by atoms with Gasteiger partial charge in [0.15, 0.2) is 0 Å². The molecule has 0 bridgehead atoms. The quantitative estimate of drug-likeness (QED) is 0.408. The monoisotopic (exact) mass is 649 g/mol. The molecule has 0 radical (unpaired) electrons. The maximum Gasteiger partial charge on any atom is 0.501 e. The van der Waals surface area contributed by atoms with Crippen LogP contribution in [-0.2, 0) is 32.0 Å². The summed E-state index contributed by atoms with van der Waals surface area (Å²) in [6.07, 6.45) is -1.53. The molecule has 2 aromatic carbocycles. The van der Waals surface area contributed by atoms with Crippen molar-refractivity contribution in [3.63, 3.8) is 0 Å². The minimum absolute atomic E-state index is 0.0343. The van der Waals surface area contributed by atoms with Crippen LogP contribution in [0.25, 0.3) is 0 Å². The first kappa shape index (κ1) is 32.4.